The van der Waals surface area contributed by atoms with E-state index in [0.29, 0.717) is 12.4 Å². The average Bonchev–Trinajstić information content (AvgIpc) is 3.09. The van der Waals surface area contributed by atoms with Crippen LogP contribution in [0.1, 0.15) is 41.8 Å². The largest absolute Gasteiger partial charge is 0.337 e. The van der Waals surface area contributed by atoms with Crippen LogP contribution < -0.4 is 5.32 Å². The van der Waals surface area contributed by atoms with Gasteiger partial charge in [0.2, 0.25) is 5.89 Å². The predicted octanol–water partition coefficient (Wildman–Crippen LogP) is 0.896. The maximum absolute atomic E-state index is 12.1. The first-order valence-corrected chi connectivity index (χ1v) is 6.36. The number of nitrogens with zero attached hydrogens (tertiary/aromatic N) is 3. The highest BCUT2D eigenvalue weighted by atomic mass is 16.5. The molecule has 3 heterocycles. The Bertz CT molecular complexity index is 462. The third-order valence-electron chi connectivity index (χ3n) is 3.34. The molecule has 1 unspecified atom stereocenters. The second-order valence-corrected chi connectivity index (χ2v) is 4.62. The summed E-state index contributed by atoms with van der Waals surface area (Å²) < 4.78 is 5.17. The molecule has 1 amide bonds. The van der Waals surface area contributed by atoms with E-state index in [2.05, 4.69) is 21.5 Å². The van der Waals surface area contributed by atoms with Gasteiger partial charge in [-0.1, -0.05) is 17.3 Å². The van der Waals surface area contributed by atoms with Gasteiger partial charge < -0.3 is 14.7 Å². The summed E-state index contributed by atoms with van der Waals surface area (Å²) >= 11 is 0. The van der Waals surface area contributed by atoms with Crippen molar-refractivity contribution in [3.8, 4) is 0 Å². The van der Waals surface area contributed by atoms with Crippen LogP contribution in [0.15, 0.2) is 16.7 Å². The SMILES string of the molecule is O=C(c1noc(C2CCCN2)n1)N1CC=CCC1. The summed E-state index contributed by atoms with van der Waals surface area (Å²) in [5.74, 6) is 0.560. The second-order valence-electron chi connectivity index (χ2n) is 4.62. The highest BCUT2D eigenvalue weighted by molar-refractivity contribution is 5.90. The summed E-state index contributed by atoms with van der Waals surface area (Å²) in [7, 11) is 0. The summed E-state index contributed by atoms with van der Waals surface area (Å²) in [6.45, 7) is 2.32. The summed E-state index contributed by atoms with van der Waals surface area (Å²) in [6, 6.07) is 0.111. The van der Waals surface area contributed by atoms with Gasteiger partial charge in [-0.25, -0.2) is 0 Å². The van der Waals surface area contributed by atoms with Crippen LogP contribution in [0.25, 0.3) is 0 Å². The maximum Gasteiger partial charge on any atom is 0.295 e. The van der Waals surface area contributed by atoms with Crippen molar-refractivity contribution in [3.05, 3.63) is 23.9 Å². The van der Waals surface area contributed by atoms with Gasteiger partial charge in [-0.2, -0.15) is 4.98 Å². The van der Waals surface area contributed by atoms with Crippen LogP contribution in [0.5, 0.6) is 0 Å². The molecule has 3 rings (SSSR count). The van der Waals surface area contributed by atoms with E-state index in [-0.39, 0.29) is 17.8 Å². The van der Waals surface area contributed by atoms with Gasteiger partial charge in [0.25, 0.3) is 11.7 Å². The monoisotopic (exact) mass is 248 g/mol. The van der Waals surface area contributed by atoms with Crippen molar-refractivity contribution < 1.29 is 9.32 Å². The molecular weight excluding hydrogens is 232 g/mol. The van der Waals surface area contributed by atoms with Crippen LogP contribution in [0, 0.1) is 0 Å². The molecular formula is C12H16N4O2. The molecule has 96 valence electrons. The third kappa shape index (κ3) is 2.15. The molecule has 0 aliphatic carbocycles. The minimum atomic E-state index is -0.146. The summed E-state index contributed by atoms with van der Waals surface area (Å²) in [6.07, 6.45) is 7.05. The number of carbonyl (C=O) groups excluding carboxylic acids is 1. The number of rotatable bonds is 2. The molecule has 1 aromatic heterocycles. The molecule has 1 saturated heterocycles. The zero-order valence-electron chi connectivity index (χ0n) is 10.1. The Morgan fingerprint density at radius 3 is 3.17 bits per heavy atom. The van der Waals surface area contributed by atoms with Crippen molar-refractivity contribution in [2.75, 3.05) is 19.6 Å². The minimum absolute atomic E-state index is 0.111. The van der Waals surface area contributed by atoms with Gasteiger partial charge in [0.1, 0.15) is 0 Å². The lowest BCUT2D eigenvalue weighted by molar-refractivity contribution is 0.0755. The maximum atomic E-state index is 12.1. The first-order chi connectivity index (χ1) is 8.84. The number of hydrogen-bond acceptors (Lipinski definition) is 5. The molecule has 6 heteroatoms. The Kier molecular flexibility index (Phi) is 3.10. The fourth-order valence-corrected chi connectivity index (χ4v) is 2.33. The number of amides is 1. The zero-order valence-corrected chi connectivity index (χ0v) is 10.1. The summed E-state index contributed by atoms with van der Waals surface area (Å²) in [5.41, 5.74) is 0. The molecule has 2 aliphatic heterocycles. The molecule has 0 aromatic carbocycles. The Labute approximate surface area is 105 Å². The molecule has 1 atom stereocenters. The van der Waals surface area contributed by atoms with Crippen molar-refractivity contribution in [1.82, 2.24) is 20.4 Å². The summed E-state index contributed by atoms with van der Waals surface area (Å²) in [4.78, 5) is 18.1. The highest BCUT2D eigenvalue weighted by Gasteiger charge is 2.26. The smallest absolute Gasteiger partial charge is 0.295 e. The first-order valence-electron chi connectivity index (χ1n) is 6.36. The second kappa shape index (κ2) is 4.89. The molecule has 1 fully saturated rings. The molecule has 6 nitrogen and oxygen atoms in total. The number of aromatic nitrogens is 2. The number of carbonyl (C=O) groups is 1. The van der Waals surface area contributed by atoms with Crippen LogP contribution in [0.4, 0.5) is 0 Å². The Hall–Kier alpha value is -1.69. The Morgan fingerprint density at radius 1 is 1.50 bits per heavy atom. The lowest BCUT2D eigenvalue weighted by Gasteiger charge is -2.21. The first kappa shape index (κ1) is 11.4. The van der Waals surface area contributed by atoms with Gasteiger partial charge in [0.05, 0.1) is 6.04 Å². The van der Waals surface area contributed by atoms with Crippen molar-refractivity contribution >= 4 is 5.91 Å². The molecule has 0 spiro atoms. The normalized spacial score (nSPS) is 23.6. The topological polar surface area (TPSA) is 71.3 Å². The standard InChI is InChI=1S/C12H16N4O2/c17-12(16-7-2-1-3-8-16)10-14-11(18-15-10)9-5-4-6-13-9/h1-2,9,13H,3-8H2. The van der Waals surface area contributed by atoms with Gasteiger partial charge in [0, 0.05) is 13.1 Å². The van der Waals surface area contributed by atoms with E-state index in [1.807, 2.05) is 6.08 Å². The minimum Gasteiger partial charge on any atom is -0.337 e. The lowest BCUT2D eigenvalue weighted by atomic mass is 10.2. The van der Waals surface area contributed by atoms with Crippen LogP contribution in [-0.4, -0.2) is 40.6 Å². The molecule has 18 heavy (non-hydrogen) atoms. The average molecular weight is 248 g/mol. The van der Waals surface area contributed by atoms with E-state index in [4.69, 9.17) is 4.52 Å². The highest BCUT2D eigenvalue weighted by Crippen LogP contribution is 2.21. The lowest BCUT2D eigenvalue weighted by Crippen LogP contribution is -2.34. The molecule has 1 N–H and O–H groups in total. The van der Waals surface area contributed by atoms with Crippen molar-refractivity contribution in [1.29, 1.82) is 0 Å². The third-order valence-corrected chi connectivity index (χ3v) is 3.34. The Balaban J connectivity index is 1.72. The van der Waals surface area contributed by atoms with Crippen LogP contribution in [-0.2, 0) is 0 Å². The van der Waals surface area contributed by atoms with Crippen LogP contribution in [0.2, 0.25) is 0 Å². The fourth-order valence-electron chi connectivity index (χ4n) is 2.33. The Morgan fingerprint density at radius 2 is 2.44 bits per heavy atom. The molecule has 1 aromatic rings. The zero-order chi connectivity index (χ0) is 12.4. The van der Waals surface area contributed by atoms with Gasteiger partial charge in [-0.15, -0.1) is 0 Å². The van der Waals surface area contributed by atoms with E-state index < -0.39 is 0 Å². The fraction of sp³-hybridized carbons (Fsp3) is 0.583. The van der Waals surface area contributed by atoms with E-state index in [0.717, 1.165) is 32.4 Å². The van der Waals surface area contributed by atoms with E-state index in [9.17, 15) is 4.79 Å². The van der Waals surface area contributed by atoms with Gasteiger partial charge in [-0.05, 0) is 25.8 Å². The van der Waals surface area contributed by atoms with Crippen LogP contribution in [0.3, 0.4) is 0 Å². The van der Waals surface area contributed by atoms with Crippen molar-refractivity contribution in [3.63, 3.8) is 0 Å². The quantitative estimate of drug-likeness (QED) is 0.787. The predicted molar refractivity (Wildman–Crippen MR) is 63.9 cm³/mol. The van der Waals surface area contributed by atoms with Crippen molar-refractivity contribution in [2.45, 2.75) is 25.3 Å². The number of hydrogen-bond donors (Lipinski definition) is 1. The molecule has 0 saturated carbocycles. The van der Waals surface area contributed by atoms with Crippen molar-refractivity contribution in [2.24, 2.45) is 0 Å². The molecule has 0 bridgehead atoms. The van der Waals surface area contributed by atoms with Gasteiger partial charge in [0.15, 0.2) is 0 Å². The summed E-state index contributed by atoms with van der Waals surface area (Å²) in [5, 5.41) is 7.07. The number of nitrogens with one attached hydrogen (secondary N) is 1. The van der Waals surface area contributed by atoms with Gasteiger partial charge >= 0.3 is 0 Å². The van der Waals surface area contributed by atoms with E-state index in [1.54, 1.807) is 4.90 Å². The molecule has 2 aliphatic rings. The van der Waals surface area contributed by atoms with E-state index >= 15 is 0 Å². The van der Waals surface area contributed by atoms with E-state index in [1.165, 1.54) is 0 Å². The van der Waals surface area contributed by atoms with Gasteiger partial charge in [-0.3, -0.25) is 4.79 Å². The van der Waals surface area contributed by atoms with Crippen LogP contribution >= 0.6 is 0 Å². The molecule has 0 radical (unpaired) electrons.